The Labute approximate surface area is 141 Å². The number of carbonyl (C=O) groups excluding carboxylic acids is 1. The lowest BCUT2D eigenvalue weighted by atomic mass is 10.1. The van der Waals surface area contributed by atoms with E-state index in [9.17, 15) is 4.79 Å². The van der Waals surface area contributed by atoms with Crippen molar-refractivity contribution in [1.29, 1.82) is 0 Å². The second kappa shape index (κ2) is 8.57. The molecule has 0 bridgehead atoms. The molecule has 1 aromatic carbocycles. The van der Waals surface area contributed by atoms with E-state index in [1.807, 2.05) is 13.8 Å². The van der Waals surface area contributed by atoms with Crippen LogP contribution in [0.15, 0.2) is 41.8 Å². The summed E-state index contributed by atoms with van der Waals surface area (Å²) >= 11 is 1.81. The minimum atomic E-state index is -0.183. The van der Waals surface area contributed by atoms with Gasteiger partial charge in [0.25, 0.3) is 0 Å². The summed E-state index contributed by atoms with van der Waals surface area (Å²) in [5.41, 5.74) is 1.09. The van der Waals surface area contributed by atoms with Crippen molar-refractivity contribution in [3.8, 4) is 0 Å². The SMILES string of the molecule is CCSc1ccc([C@H](C)NC(=O)N[C@@H](C)Cn2cncn2)cc1. The standard InChI is InChI=1S/C16H23N5OS/c1-4-23-15-7-5-14(6-8-15)13(3)20-16(22)19-12(2)9-21-11-17-10-18-21/h5-8,10-13H,4,9H2,1-3H3,(H2,19,20,22)/t12-,13-/m0/s1. The molecular formula is C16H23N5OS. The maximum absolute atomic E-state index is 12.1. The molecule has 0 spiro atoms. The topological polar surface area (TPSA) is 71.8 Å². The summed E-state index contributed by atoms with van der Waals surface area (Å²) in [4.78, 5) is 17.2. The molecule has 7 heteroatoms. The van der Waals surface area contributed by atoms with Crippen molar-refractivity contribution in [1.82, 2.24) is 25.4 Å². The van der Waals surface area contributed by atoms with Gasteiger partial charge < -0.3 is 10.6 Å². The predicted molar refractivity (Wildman–Crippen MR) is 92.4 cm³/mol. The third-order valence-corrected chi connectivity index (χ3v) is 4.24. The summed E-state index contributed by atoms with van der Waals surface area (Å²) < 4.78 is 1.69. The van der Waals surface area contributed by atoms with Crippen LogP contribution in [0.25, 0.3) is 0 Å². The molecule has 2 N–H and O–H groups in total. The molecular weight excluding hydrogens is 310 g/mol. The van der Waals surface area contributed by atoms with Crippen molar-refractivity contribution >= 4 is 17.8 Å². The zero-order valence-electron chi connectivity index (χ0n) is 13.7. The van der Waals surface area contributed by atoms with Gasteiger partial charge in [-0.2, -0.15) is 5.10 Å². The van der Waals surface area contributed by atoms with E-state index < -0.39 is 0 Å². The van der Waals surface area contributed by atoms with E-state index >= 15 is 0 Å². The predicted octanol–water partition coefficient (Wildman–Crippen LogP) is 2.84. The van der Waals surface area contributed by atoms with Crippen LogP contribution in [0.2, 0.25) is 0 Å². The fraction of sp³-hybridized carbons (Fsp3) is 0.438. The largest absolute Gasteiger partial charge is 0.334 e. The van der Waals surface area contributed by atoms with Crippen LogP contribution in [0.3, 0.4) is 0 Å². The maximum Gasteiger partial charge on any atom is 0.315 e. The van der Waals surface area contributed by atoms with E-state index in [1.54, 1.807) is 22.8 Å². The fourth-order valence-electron chi connectivity index (χ4n) is 2.22. The fourth-order valence-corrected chi connectivity index (χ4v) is 2.88. The van der Waals surface area contributed by atoms with Crippen molar-refractivity contribution in [2.24, 2.45) is 0 Å². The number of carbonyl (C=O) groups is 1. The van der Waals surface area contributed by atoms with Crippen molar-refractivity contribution < 1.29 is 4.79 Å². The molecule has 1 heterocycles. The van der Waals surface area contributed by atoms with E-state index in [-0.39, 0.29) is 18.1 Å². The maximum atomic E-state index is 12.1. The zero-order chi connectivity index (χ0) is 16.7. The molecule has 0 aliphatic carbocycles. The molecule has 2 atom stereocenters. The number of aromatic nitrogens is 3. The number of hydrogen-bond acceptors (Lipinski definition) is 4. The monoisotopic (exact) mass is 333 g/mol. The third-order valence-electron chi connectivity index (χ3n) is 3.34. The lowest BCUT2D eigenvalue weighted by Crippen LogP contribution is -2.43. The highest BCUT2D eigenvalue weighted by molar-refractivity contribution is 7.99. The molecule has 0 aliphatic heterocycles. The van der Waals surface area contributed by atoms with E-state index in [1.165, 1.54) is 11.2 Å². The van der Waals surface area contributed by atoms with Gasteiger partial charge >= 0.3 is 6.03 Å². The first-order valence-electron chi connectivity index (χ1n) is 7.70. The molecule has 23 heavy (non-hydrogen) atoms. The molecule has 0 saturated carbocycles. The number of urea groups is 1. The van der Waals surface area contributed by atoms with Gasteiger partial charge in [0, 0.05) is 10.9 Å². The summed E-state index contributed by atoms with van der Waals surface area (Å²) in [7, 11) is 0. The summed E-state index contributed by atoms with van der Waals surface area (Å²) in [6, 6.07) is 8.03. The van der Waals surface area contributed by atoms with Gasteiger partial charge in [-0.25, -0.2) is 9.78 Å². The molecule has 2 rings (SSSR count). The molecule has 2 aromatic rings. The zero-order valence-corrected chi connectivity index (χ0v) is 14.5. The number of benzene rings is 1. The Bertz CT molecular complexity index is 599. The lowest BCUT2D eigenvalue weighted by Gasteiger charge is -2.18. The van der Waals surface area contributed by atoms with Crippen LogP contribution in [0.5, 0.6) is 0 Å². The average molecular weight is 333 g/mol. The Morgan fingerprint density at radius 2 is 2.00 bits per heavy atom. The van der Waals surface area contributed by atoms with E-state index in [0.29, 0.717) is 6.54 Å². The second-order valence-corrected chi connectivity index (χ2v) is 6.70. The van der Waals surface area contributed by atoms with Crippen molar-refractivity contribution in [3.63, 3.8) is 0 Å². The van der Waals surface area contributed by atoms with Crippen LogP contribution in [0, 0.1) is 0 Å². The highest BCUT2D eigenvalue weighted by atomic mass is 32.2. The number of amides is 2. The minimum absolute atomic E-state index is 0.0350. The first-order valence-corrected chi connectivity index (χ1v) is 8.69. The summed E-state index contributed by atoms with van der Waals surface area (Å²) in [6.07, 6.45) is 3.12. The number of nitrogens with zero attached hydrogens (tertiary/aromatic N) is 3. The second-order valence-electron chi connectivity index (χ2n) is 5.36. The number of nitrogens with one attached hydrogen (secondary N) is 2. The van der Waals surface area contributed by atoms with Gasteiger partial charge in [-0.15, -0.1) is 11.8 Å². The molecule has 124 valence electrons. The number of rotatable bonds is 7. The molecule has 6 nitrogen and oxygen atoms in total. The van der Waals surface area contributed by atoms with Gasteiger partial charge in [0.2, 0.25) is 0 Å². The minimum Gasteiger partial charge on any atom is -0.334 e. The molecule has 0 radical (unpaired) electrons. The van der Waals surface area contributed by atoms with Crippen LogP contribution in [0.4, 0.5) is 4.79 Å². The van der Waals surface area contributed by atoms with Gasteiger partial charge in [-0.05, 0) is 37.3 Å². The van der Waals surface area contributed by atoms with Gasteiger partial charge in [-0.1, -0.05) is 19.1 Å². The summed E-state index contributed by atoms with van der Waals surface area (Å²) in [5.74, 6) is 1.05. The van der Waals surface area contributed by atoms with Crippen molar-refractivity contribution in [2.45, 2.75) is 44.3 Å². The summed E-state index contributed by atoms with van der Waals surface area (Å²) in [5, 5.41) is 9.89. The Hall–Kier alpha value is -2.02. The third kappa shape index (κ3) is 5.59. The first-order chi connectivity index (χ1) is 11.1. The highest BCUT2D eigenvalue weighted by Gasteiger charge is 2.12. The number of thioether (sulfide) groups is 1. The summed E-state index contributed by atoms with van der Waals surface area (Å²) in [6.45, 7) is 6.63. The molecule has 0 unspecified atom stereocenters. The molecule has 0 saturated heterocycles. The quantitative estimate of drug-likeness (QED) is 0.764. The van der Waals surface area contributed by atoms with Crippen LogP contribution < -0.4 is 10.6 Å². The molecule has 1 aromatic heterocycles. The Morgan fingerprint density at radius 1 is 1.26 bits per heavy atom. The Balaban J connectivity index is 1.81. The van der Waals surface area contributed by atoms with Gasteiger partial charge in [0.15, 0.2) is 0 Å². The smallest absolute Gasteiger partial charge is 0.315 e. The lowest BCUT2D eigenvalue weighted by molar-refractivity contribution is 0.233. The average Bonchev–Trinajstić information content (AvgIpc) is 3.00. The Morgan fingerprint density at radius 3 is 2.61 bits per heavy atom. The van der Waals surface area contributed by atoms with Gasteiger partial charge in [0.05, 0.1) is 12.6 Å². The van der Waals surface area contributed by atoms with Gasteiger partial charge in [0.1, 0.15) is 12.7 Å². The Kier molecular flexibility index (Phi) is 6.46. The van der Waals surface area contributed by atoms with Crippen LogP contribution in [-0.2, 0) is 6.54 Å². The normalized spacial score (nSPS) is 13.3. The van der Waals surface area contributed by atoms with Gasteiger partial charge in [-0.3, -0.25) is 4.68 Å². The number of hydrogen-bond donors (Lipinski definition) is 2. The molecule has 2 amide bonds. The van der Waals surface area contributed by atoms with E-state index in [0.717, 1.165) is 11.3 Å². The highest BCUT2D eigenvalue weighted by Crippen LogP contribution is 2.20. The first kappa shape index (κ1) is 17.3. The van der Waals surface area contributed by atoms with Crippen LogP contribution >= 0.6 is 11.8 Å². The molecule has 0 aliphatic rings. The van der Waals surface area contributed by atoms with E-state index in [2.05, 4.69) is 51.9 Å². The van der Waals surface area contributed by atoms with Crippen LogP contribution in [0.1, 0.15) is 32.4 Å². The molecule has 0 fully saturated rings. The van der Waals surface area contributed by atoms with E-state index in [4.69, 9.17) is 0 Å². The van der Waals surface area contributed by atoms with Crippen molar-refractivity contribution in [2.75, 3.05) is 5.75 Å². The van der Waals surface area contributed by atoms with Crippen LogP contribution in [-0.4, -0.2) is 32.6 Å². The van der Waals surface area contributed by atoms with Crippen molar-refractivity contribution in [3.05, 3.63) is 42.5 Å².